The molecule has 2 amide bonds. The Labute approximate surface area is 172 Å². The van der Waals surface area contributed by atoms with Crippen molar-refractivity contribution in [2.24, 2.45) is 7.05 Å². The quantitative estimate of drug-likeness (QED) is 0.747. The molecule has 0 N–H and O–H groups in total. The maximum Gasteiger partial charge on any atom is 0.270 e. The largest absolute Gasteiger partial charge is 0.484 e. The van der Waals surface area contributed by atoms with Crippen LogP contribution < -0.4 is 4.74 Å². The average Bonchev–Trinajstić information content (AvgIpc) is 2.94. The summed E-state index contributed by atoms with van der Waals surface area (Å²) in [5, 5.41) is 1.28. The van der Waals surface area contributed by atoms with Gasteiger partial charge < -0.3 is 19.1 Å². The minimum Gasteiger partial charge on any atom is -0.484 e. The third-order valence-corrected chi connectivity index (χ3v) is 5.52. The lowest BCUT2D eigenvalue weighted by Crippen LogP contribution is -2.51. The molecule has 9 heteroatoms. The monoisotopic (exact) mass is 429 g/mol. The molecular formula is C18H18Cl3N3O3. The zero-order valence-corrected chi connectivity index (χ0v) is 16.9. The fourth-order valence-corrected chi connectivity index (χ4v) is 3.34. The Morgan fingerprint density at radius 1 is 1.00 bits per heavy atom. The molecule has 0 spiro atoms. The zero-order valence-electron chi connectivity index (χ0n) is 14.6. The molecule has 1 aromatic carbocycles. The predicted molar refractivity (Wildman–Crippen MR) is 105 cm³/mol. The Balaban J connectivity index is 1.52. The van der Waals surface area contributed by atoms with Crippen LogP contribution in [0.25, 0.3) is 0 Å². The highest BCUT2D eigenvalue weighted by Gasteiger charge is 2.27. The van der Waals surface area contributed by atoms with Crippen LogP contribution in [0.1, 0.15) is 10.5 Å². The van der Waals surface area contributed by atoms with Crippen molar-refractivity contribution < 1.29 is 14.3 Å². The van der Waals surface area contributed by atoms with E-state index in [4.69, 9.17) is 39.5 Å². The topological polar surface area (TPSA) is 54.8 Å². The van der Waals surface area contributed by atoms with Crippen molar-refractivity contribution in [1.82, 2.24) is 14.4 Å². The Hall–Kier alpha value is -1.89. The number of nitrogens with zero attached hydrogens (tertiary/aromatic N) is 3. The molecule has 6 nitrogen and oxygen atoms in total. The van der Waals surface area contributed by atoms with Gasteiger partial charge in [0.1, 0.15) is 16.6 Å². The second-order valence-electron chi connectivity index (χ2n) is 6.14. The number of hydrogen-bond donors (Lipinski definition) is 0. The zero-order chi connectivity index (χ0) is 19.6. The van der Waals surface area contributed by atoms with Gasteiger partial charge in [0.15, 0.2) is 6.61 Å². The van der Waals surface area contributed by atoms with E-state index in [1.165, 1.54) is 0 Å². The molecule has 0 aliphatic carbocycles. The molecule has 2 heterocycles. The van der Waals surface area contributed by atoms with Gasteiger partial charge in [0, 0.05) is 38.2 Å². The number of halogens is 3. The number of carbonyl (C=O) groups excluding carboxylic acids is 2. The Morgan fingerprint density at radius 3 is 2.15 bits per heavy atom. The summed E-state index contributed by atoms with van der Waals surface area (Å²) in [6.45, 7) is 1.71. The molecule has 3 rings (SSSR count). The summed E-state index contributed by atoms with van der Waals surface area (Å²) in [5.74, 6) is 0.303. The highest BCUT2D eigenvalue weighted by Crippen LogP contribution is 2.26. The fourth-order valence-electron chi connectivity index (χ4n) is 2.84. The summed E-state index contributed by atoms with van der Waals surface area (Å²) < 4.78 is 7.05. The lowest BCUT2D eigenvalue weighted by molar-refractivity contribution is -0.134. The van der Waals surface area contributed by atoms with Gasteiger partial charge in [-0.25, -0.2) is 0 Å². The minimum absolute atomic E-state index is 0.0569. The van der Waals surface area contributed by atoms with E-state index in [1.807, 2.05) is 0 Å². The fraction of sp³-hybridized carbons (Fsp3) is 0.333. The van der Waals surface area contributed by atoms with Crippen molar-refractivity contribution in [1.29, 1.82) is 0 Å². The standard InChI is InChI=1S/C18H18Cl3N3O3/c1-22-15(10-14(20)17(22)21)18(26)24-8-6-23(7-9-24)16(25)11-27-13-4-2-12(19)3-5-13/h2-5,10H,6-9,11H2,1H3. The van der Waals surface area contributed by atoms with Crippen molar-refractivity contribution in [3.05, 3.63) is 51.2 Å². The SMILES string of the molecule is Cn1c(C(=O)N2CCN(C(=O)COc3ccc(Cl)cc3)CC2)cc(Cl)c1Cl. The van der Waals surface area contributed by atoms with Gasteiger partial charge in [0.05, 0.1) is 5.02 Å². The van der Waals surface area contributed by atoms with Crippen molar-refractivity contribution >= 4 is 46.6 Å². The summed E-state index contributed by atoms with van der Waals surface area (Å²) in [6, 6.07) is 8.38. The van der Waals surface area contributed by atoms with E-state index in [0.29, 0.717) is 52.8 Å². The van der Waals surface area contributed by atoms with Gasteiger partial charge in [0.25, 0.3) is 11.8 Å². The summed E-state index contributed by atoms with van der Waals surface area (Å²) in [7, 11) is 1.69. The van der Waals surface area contributed by atoms with Crippen molar-refractivity contribution in [2.45, 2.75) is 0 Å². The van der Waals surface area contributed by atoms with Crippen LogP contribution >= 0.6 is 34.8 Å². The van der Waals surface area contributed by atoms with Crippen molar-refractivity contribution in [2.75, 3.05) is 32.8 Å². The molecule has 1 aromatic heterocycles. The van der Waals surface area contributed by atoms with Crippen LogP contribution in [0.5, 0.6) is 5.75 Å². The van der Waals surface area contributed by atoms with E-state index in [1.54, 1.807) is 51.7 Å². The smallest absolute Gasteiger partial charge is 0.270 e. The molecule has 0 saturated carbocycles. The molecular weight excluding hydrogens is 413 g/mol. The van der Waals surface area contributed by atoms with E-state index in [9.17, 15) is 9.59 Å². The number of benzene rings is 1. The molecule has 1 aliphatic rings. The van der Waals surface area contributed by atoms with Crippen LogP contribution in [-0.4, -0.2) is 59.0 Å². The Morgan fingerprint density at radius 2 is 1.59 bits per heavy atom. The molecule has 2 aromatic rings. The van der Waals surface area contributed by atoms with E-state index in [0.717, 1.165) is 0 Å². The van der Waals surface area contributed by atoms with Gasteiger partial charge in [-0.05, 0) is 30.3 Å². The number of piperazine rings is 1. The molecule has 0 radical (unpaired) electrons. The van der Waals surface area contributed by atoms with Gasteiger partial charge in [-0.3, -0.25) is 9.59 Å². The van der Waals surface area contributed by atoms with E-state index >= 15 is 0 Å². The summed E-state index contributed by atoms with van der Waals surface area (Å²) in [5.41, 5.74) is 0.427. The molecule has 0 unspecified atom stereocenters. The van der Waals surface area contributed by atoms with E-state index in [2.05, 4.69) is 0 Å². The number of rotatable bonds is 4. The Kier molecular flexibility index (Phi) is 6.19. The summed E-state index contributed by atoms with van der Waals surface area (Å²) in [4.78, 5) is 28.3. The van der Waals surface area contributed by atoms with Crippen molar-refractivity contribution in [3.8, 4) is 5.75 Å². The number of amides is 2. The Bertz CT molecular complexity index is 844. The highest BCUT2D eigenvalue weighted by atomic mass is 35.5. The number of hydrogen-bond acceptors (Lipinski definition) is 3. The first-order valence-electron chi connectivity index (χ1n) is 8.33. The molecule has 0 atom stereocenters. The lowest BCUT2D eigenvalue weighted by Gasteiger charge is -2.34. The normalized spacial score (nSPS) is 14.4. The first kappa shape index (κ1) is 19.9. The number of carbonyl (C=O) groups is 2. The van der Waals surface area contributed by atoms with Gasteiger partial charge in [-0.2, -0.15) is 0 Å². The molecule has 1 aliphatic heterocycles. The molecule has 27 heavy (non-hydrogen) atoms. The number of aromatic nitrogens is 1. The van der Waals surface area contributed by atoms with Crippen LogP contribution in [0, 0.1) is 0 Å². The van der Waals surface area contributed by atoms with Crippen LogP contribution in [0.4, 0.5) is 0 Å². The molecule has 1 fully saturated rings. The van der Waals surface area contributed by atoms with Gasteiger partial charge in [0.2, 0.25) is 0 Å². The number of ether oxygens (including phenoxy) is 1. The summed E-state index contributed by atoms with van der Waals surface area (Å²) >= 11 is 17.8. The average molecular weight is 431 g/mol. The van der Waals surface area contributed by atoms with Gasteiger partial charge in [-0.15, -0.1) is 0 Å². The van der Waals surface area contributed by atoms with Crippen LogP contribution in [-0.2, 0) is 11.8 Å². The lowest BCUT2D eigenvalue weighted by atomic mass is 10.2. The van der Waals surface area contributed by atoms with Crippen LogP contribution in [0.3, 0.4) is 0 Å². The highest BCUT2D eigenvalue weighted by molar-refractivity contribution is 6.41. The third kappa shape index (κ3) is 4.51. The van der Waals surface area contributed by atoms with Gasteiger partial charge in [-0.1, -0.05) is 34.8 Å². The first-order chi connectivity index (χ1) is 12.9. The summed E-state index contributed by atoms with van der Waals surface area (Å²) in [6.07, 6.45) is 0. The van der Waals surface area contributed by atoms with E-state index in [-0.39, 0.29) is 18.4 Å². The second-order valence-corrected chi connectivity index (χ2v) is 7.34. The molecule has 0 bridgehead atoms. The van der Waals surface area contributed by atoms with E-state index < -0.39 is 0 Å². The van der Waals surface area contributed by atoms with Crippen LogP contribution in [0.2, 0.25) is 15.2 Å². The van der Waals surface area contributed by atoms with Crippen molar-refractivity contribution in [3.63, 3.8) is 0 Å². The second kappa shape index (κ2) is 8.42. The maximum absolute atomic E-state index is 12.6. The predicted octanol–water partition coefficient (Wildman–Crippen LogP) is 3.35. The first-order valence-corrected chi connectivity index (χ1v) is 9.46. The van der Waals surface area contributed by atoms with Gasteiger partial charge >= 0.3 is 0 Å². The minimum atomic E-state index is -0.157. The molecule has 144 valence electrons. The molecule has 1 saturated heterocycles. The maximum atomic E-state index is 12.6. The third-order valence-electron chi connectivity index (χ3n) is 4.43. The van der Waals surface area contributed by atoms with Crippen LogP contribution in [0.15, 0.2) is 30.3 Å².